The molecule has 0 fully saturated rings. The number of nitrogens with zero attached hydrogens (tertiary/aromatic N) is 1. The van der Waals surface area contributed by atoms with Crippen molar-refractivity contribution in [2.24, 2.45) is 22.2 Å². The van der Waals surface area contributed by atoms with E-state index >= 15 is 0 Å². The number of aliphatic imine (C=N–C) groups is 1. The van der Waals surface area contributed by atoms with Gasteiger partial charge in [0.2, 0.25) is 17.7 Å². The lowest BCUT2D eigenvalue weighted by atomic mass is 10.0. The van der Waals surface area contributed by atoms with Gasteiger partial charge in [-0.05, 0) is 18.4 Å². The van der Waals surface area contributed by atoms with Crippen LogP contribution in [-0.2, 0) is 30.4 Å². The van der Waals surface area contributed by atoms with Crippen LogP contribution in [0, 0.1) is 0 Å². The summed E-state index contributed by atoms with van der Waals surface area (Å²) in [7, 11) is 0. The van der Waals surface area contributed by atoms with E-state index in [2.05, 4.69) is 20.9 Å². The molecule has 11 N–H and O–H groups in total. The van der Waals surface area contributed by atoms with Gasteiger partial charge in [-0.1, -0.05) is 30.3 Å². The van der Waals surface area contributed by atoms with Crippen molar-refractivity contribution in [2.75, 3.05) is 13.1 Å². The fourth-order valence-electron chi connectivity index (χ4n) is 3.00. The molecule has 14 heteroatoms. The Balaban J connectivity index is 3.04. The molecule has 3 atom stereocenters. The number of rotatable bonds is 15. The molecular weight excluding hydrogens is 462 g/mol. The summed E-state index contributed by atoms with van der Waals surface area (Å²) < 4.78 is 0. The van der Waals surface area contributed by atoms with Crippen LogP contribution in [0.5, 0.6) is 0 Å². The fraction of sp³-hybridized carbons (Fsp3) is 0.429. The third-order valence-electron chi connectivity index (χ3n) is 4.69. The molecule has 0 saturated heterocycles. The molecule has 0 spiro atoms. The zero-order chi connectivity index (χ0) is 26.4. The zero-order valence-electron chi connectivity index (χ0n) is 19.0. The maximum atomic E-state index is 13.0. The van der Waals surface area contributed by atoms with Gasteiger partial charge in [0.15, 0.2) is 5.96 Å². The third kappa shape index (κ3) is 11.5. The van der Waals surface area contributed by atoms with Crippen molar-refractivity contribution in [1.29, 1.82) is 0 Å². The van der Waals surface area contributed by atoms with Gasteiger partial charge in [-0.25, -0.2) is 4.79 Å². The molecule has 14 nitrogen and oxygen atoms in total. The van der Waals surface area contributed by atoms with Crippen LogP contribution in [0.25, 0.3) is 0 Å². The van der Waals surface area contributed by atoms with Gasteiger partial charge in [-0.3, -0.25) is 24.2 Å². The first kappa shape index (κ1) is 28.8. The van der Waals surface area contributed by atoms with E-state index in [0.29, 0.717) is 5.56 Å². The molecule has 1 aromatic carbocycles. The summed E-state index contributed by atoms with van der Waals surface area (Å²) >= 11 is 0. The first-order valence-corrected chi connectivity index (χ1v) is 10.7. The number of benzene rings is 1. The van der Waals surface area contributed by atoms with Crippen molar-refractivity contribution < 1.29 is 34.2 Å². The van der Waals surface area contributed by atoms with Crippen LogP contribution >= 0.6 is 0 Å². The number of carboxylic acid groups (broad SMARTS) is 2. The van der Waals surface area contributed by atoms with Crippen LogP contribution in [-0.4, -0.2) is 77.0 Å². The van der Waals surface area contributed by atoms with Crippen LogP contribution in [0.1, 0.15) is 24.8 Å². The lowest BCUT2D eigenvalue weighted by molar-refractivity contribution is -0.143. The molecule has 0 aliphatic carbocycles. The minimum Gasteiger partial charge on any atom is -0.481 e. The lowest BCUT2D eigenvalue weighted by Crippen LogP contribution is -2.57. The quantitative estimate of drug-likeness (QED) is 0.0710. The number of amides is 3. The zero-order valence-corrected chi connectivity index (χ0v) is 19.0. The van der Waals surface area contributed by atoms with E-state index in [9.17, 15) is 29.1 Å². The SMILES string of the molecule is NCC(=O)NC(CC(=O)O)C(=O)NC(Cc1ccccc1)C(=O)NC(CCCN=C(N)N)C(=O)O. The molecule has 0 aliphatic heterocycles. The summed E-state index contributed by atoms with van der Waals surface area (Å²) in [4.78, 5) is 63.9. The third-order valence-corrected chi connectivity index (χ3v) is 4.69. The Morgan fingerprint density at radius 2 is 1.49 bits per heavy atom. The molecule has 3 unspecified atom stereocenters. The molecule has 1 aromatic rings. The van der Waals surface area contributed by atoms with Gasteiger partial charge in [0.05, 0.1) is 13.0 Å². The number of guanidine groups is 1. The van der Waals surface area contributed by atoms with Gasteiger partial charge in [-0.15, -0.1) is 0 Å². The lowest BCUT2D eigenvalue weighted by Gasteiger charge is -2.24. The summed E-state index contributed by atoms with van der Waals surface area (Å²) in [5.74, 6) is -5.32. The average Bonchev–Trinajstić information content (AvgIpc) is 2.79. The number of hydrogen-bond donors (Lipinski definition) is 8. The highest BCUT2D eigenvalue weighted by atomic mass is 16.4. The summed E-state index contributed by atoms with van der Waals surface area (Å²) in [6.45, 7) is -0.318. The minimum absolute atomic E-state index is 0.0120. The number of aliphatic carboxylic acids is 2. The predicted octanol–water partition coefficient (Wildman–Crippen LogP) is -2.74. The van der Waals surface area contributed by atoms with Crippen LogP contribution in [0.15, 0.2) is 35.3 Å². The van der Waals surface area contributed by atoms with Gasteiger partial charge < -0.3 is 43.4 Å². The number of hydrogen-bond acceptors (Lipinski definition) is 7. The molecule has 192 valence electrons. The Bertz CT molecular complexity index is 920. The highest BCUT2D eigenvalue weighted by Crippen LogP contribution is 2.07. The standard InChI is InChI=1S/C21H31N7O7/c22-11-16(29)26-15(10-17(30)31)19(33)28-14(9-12-5-2-1-3-6-12)18(32)27-13(20(34)35)7-4-8-25-21(23)24/h1-3,5-6,13-15H,4,7-11,22H2,(H,26,29)(H,27,32)(H,28,33)(H,30,31)(H,34,35)(H4,23,24,25). The number of carboxylic acids is 2. The predicted molar refractivity (Wildman–Crippen MR) is 125 cm³/mol. The smallest absolute Gasteiger partial charge is 0.326 e. The van der Waals surface area contributed by atoms with Crippen LogP contribution < -0.4 is 33.2 Å². The topological polar surface area (TPSA) is 252 Å². The van der Waals surface area contributed by atoms with E-state index in [0.717, 1.165) is 0 Å². The second kappa shape index (κ2) is 14.8. The molecule has 0 aromatic heterocycles. The number of carbonyl (C=O) groups excluding carboxylic acids is 3. The van der Waals surface area contributed by atoms with Crippen molar-refractivity contribution in [3.05, 3.63) is 35.9 Å². The van der Waals surface area contributed by atoms with E-state index in [1.165, 1.54) is 0 Å². The Kier molecular flexibility index (Phi) is 12.2. The largest absolute Gasteiger partial charge is 0.481 e. The van der Waals surface area contributed by atoms with E-state index in [-0.39, 0.29) is 31.8 Å². The number of carbonyl (C=O) groups is 5. The van der Waals surface area contributed by atoms with Crippen molar-refractivity contribution >= 4 is 35.6 Å². The van der Waals surface area contributed by atoms with Gasteiger partial charge in [0.1, 0.15) is 18.1 Å². The second-order valence-electron chi connectivity index (χ2n) is 7.52. The molecule has 1 rings (SSSR count). The minimum atomic E-state index is -1.50. The first-order valence-electron chi connectivity index (χ1n) is 10.7. The molecule has 3 amide bonds. The Morgan fingerprint density at radius 1 is 0.886 bits per heavy atom. The summed E-state index contributed by atoms with van der Waals surface area (Å²) in [6.07, 6.45) is -0.502. The molecule has 0 aliphatic rings. The Morgan fingerprint density at radius 3 is 2.03 bits per heavy atom. The first-order chi connectivity index (χ1) is 16.5. The molecule has 0 heterocycles. The van der Waals surface area contributed by atoms with Crippen molar-refractivity contribution in [1.82, 2.24) is 16.0 Å². The molecule has 0 saturated carbocycles. The summed E-state index contributed by atoms with van der Waals surface area (Å²) in [5, 5.41) is 25.5. The van der Waals surface area contributed by atoms with Crippen LogP contribution in [0.3, 0.4) is 0 Å². The van der Waals surface area contributed by atoms with Gasteiger partial charge in [-0.2, -0.15) is 0 Å². The van der Waals surface area contributed by atoms with Gasteiger partial charge >= 0.3 is 11.9 Å². The maximum absolute atomic E-state index is 13.0. The highest BCUT2D eigenvalue weighted by molar-refractivity contribution is 5.95. The molecule has 0 bridgehead atoms. The van der Waals surface area contributed by atoms with Gasteiger partial charge in [0, 0.05) is 13.0 Å². The Labute approximate surface area is 201 Å². The van der Waals surface area contributed by atoms with Crippen LogP contribution in [0.4, 0.5) is 0 Å². The average molecular weight is 494 g/mol. The van der Waals surface area contributed by atoms with E-state index < -0.39 is 60.8 Å². The number of nitrogens with two attached hydrogens (primary N) is 3. The van der Waals surface area contributed by atoms with E-state index in [1.54, 1.807) is 30.3 Å². The molecule has 0 radical (unpaired) electrons. The maximum Gasteiger partial charge on any atom is 0.326 e. The second-order valence-corrected chi connectivity index (χ2v) is 7.52. The van der Waals surface area contributed by atoms with Crippen LogP contribution in [0.2, 0.25) is 0 Å². The van der Waals surface area contributed by atoms with Crippen molar-refractivity contribution in [3.8, 4) is 0 Å². The van der Waals surface area contributed by atoms with E-state index in [4.69, 9.17) is 22.3 Å². The van der Waals surface area contributed by atoms with Gasteiger partial charge in [0.25, 0.3) is 0 Å². The molecular formula is C21H31N7O7. The normalized spacial score (nSPS) is 12.9. The monoisotopic (exact) mass is 493 g/mol. The summed E-state index contributed by atoms with van der Waals surface area (Å²) in [5.41, 5.74) is 16.3. The van der Waals surface area contributed by atoms with Crippen molar-refractivity contribution in [3.63, 3.8) is 0 Å². The molecule has 35 heavy (non-hydrogen) atoms. The summed E-state index contributed by atoms with van der Waals surface area (Å²) in [6, 6.07) is 4.51. The number of nitrogens with one attached hydrogen (secondary N) is 3. The Hall–Kier alpha value is -4.20. The van der Waals surface area contributed by atoms with E-state index in [1.807, 2.05) is 0 Å². The van der Waals surface area contributed by atoms with Crippen molar-refractivity contribution in [2.45, 2.75) is 43.8 Å². The highest BCUT2D eigenvalue weighted by Gasteiger charge is 2.30. The fourth-order valence-corrected chi connectivity index (χ4v) is 3.00.